The van der Waals surface area contributed by atoms with Gasteiger partial charge >= 0.3 is 0 Å². The summed E-state index contributed by atoms with van der Waals surface area (Å²) in [6.45, 7) is 11.4. The van der Waals surface area contributed by atoms with Crippen molar-refractivity contribution in [3.8, 4) is 5.75 Å². The molecule has 0 saturated carbocycles. The van der Waals surface area contributed by atoms with Crippen LogP contribution in [0.3, 0.4) is 0 Å². The van der Waals surface area contributed by atoms with E-state index in [9.17, 15) is 5.11 Å². The molecule has 1 aromatic carbocycles. The zero-order valence-corrected chi connectivity index (χ0v) is 11.8. The molecule has 0 fully saturated rings. The summed E-state index contributed by atoms with van der Waals surface area (Å²) in [5.74, 6) is 1.56. The van der Waals surface area contributed by atoms with Crippen LogP contribution >= 0.6 is 0 Å². The van der Waals surface area contributed by atoms with Crippen molar-refractivity contribution in [2.75, 3.05) is 0 Å². The summed E-state index contributed by atoms with van der Waals surface area (Å²) in [7, 11) is 0. The van der Waals surface area contributed by atoms with Crippen LogP contribution in [-0.2, 0) is 0 Å². The molecule has 0 radical (unpaired) electrons. The number of hydrogen-bond acceptors (Lipinski definition) is 1. The number of phenolic OH excluding ortho intramolecular Hbond substituents is 1. The highest BCUT2D eigenvalue weighted by molar-refractivity contribution is 5.30. The molecular weight excluding hydrogens is 208 g/mol. The van der Waals surface area contributed by atoms with Gasteiger partial charge in [-0.2, -0.15) is 0 Å². The molecule has 1 aromatic rings. The van der Waals surface area contributed by atoms with E-state index in [1.807, 2.05) is 12.1 Å². The average Bonchev–Trinajstić information content (AvgIpc) is 2.23. The SMILES string of the molecule is CCC(C)C(CC(C)(C)C)c1cccc(O)c1. The van der Waals surface area contributed by atoms with Gasteiger partial charge in [-0.15, -0.1) is 0 Å². The second kappa shape index (κ2) is 5.57. The van der Waals surface area contributed by atoms with Crippen LogP contribution in [0.2, 0.25) is 0 Å². The van der Waals surface area contributed by atoms with E-state index in [0.29, 0.717) is 23.0 Å². The molecular formula is C16H26O. The summed E-state index contributed by atoms with van der Waals surface area (Å²) < 4.78 is 0. The van der Waals surface area contributed by atoms with Gasteiger partial charge in [0.15, 0.2) is 0 Å². The molecule has 0 aromatic heterocycles. The Morgan fingerprint density at radius 2 is 1.88 bits per heavy atom. The Bertz CT molecular complexity index is 349. The summed E-state index contributed by atoms with van der Waals surface area (Å²) in [6, 6.07) is 7.75. The fourth-order valence-electron chi connectivity index (χ4n) is 2.35. The van der Waals surface area contributed by atoms with Crippen molar-refractivity contribution in [2.45, 2.75) is 53.4 Å². The summed E-state index contributed by atoms with van der Waals surface area (Å²) in [4.78, 5) is 0. The van der Waals surface area contributed by atoms with Gasteiger partial charge in [-0.3, -0.25) is 0 Å². The molecule has 96 valence electrons. The van der Waals surface area contributed by atoms with Crippen LogP contribution in [0.5, 0.6) is 5.75 Å². The molecule has 0 heterocycles. The molecule has 0 bridgehead atoms. The van der Waals surface area contributed by atoms with E-state index in [1.165, 1.54) is 12.0 Å². The first-order valence-electron chi connectivity index (χ1n) is 6.62. The third kappa shape index (κ3) is 4.41. The normalized spacial score (nSPS) is 15.6. The van der Waals surface area contributed by atoms with Crippen LogP contribution in [0.25, 0.3) is 0 Å². The third-order valence-corrected chi connectivity index (χ3v) is 3.46. The fraction of sp³-hybridized carbons (Fsp3) is 0.625. The minimum absolute atomic E-state index is 0.319. The summed E-state index contributed by atoms with van der Waals surface area (Å²) in [5, 5.41) is 9.61. The van der Waals surface area contributed by atoms with Gasteiger partial charge in [0.2, 0.25) is 0 Å². The Labute approximate surface area is 106 Å². The van der Waals surface area contributed by atoms with Crippen LogP contribution < -0.4 is 0 Å². The maximum Gasteiger partial charge on any atom is 0.115 e. The number of aromatic hydroxyl groups is 1. The van der Waals surface area contributed by atoms with Crippen LogP contribution in [0.1, 0.15) is 58.9 Å². The van der Waals surface area contributed by atoms with Crippen LogP contribution in [0.15, 0.2) is 24.3 Å². The third-order valence-electron chi connectivity index (χ3n) is 3.46. The first kappa shape index (κ1) is 14.1. The Hall–Kier alpha value is -0.980. The maximum absolute atomic E-state index is 9.61. The smallest absolute Gasteiger partial charge is 0.115 e. The van der Waals surface area contributed by atoms with Gasteiger partial charge in [0.1, 0.15) is 5.75 Å². The van der Waals surface area contributed by atoms with Crippen molar-refractivity contribution >= 4 is 0 Å². The molecule has 1 N–H and O–H groups in total. The van der Waals surface area contributed by atoms with Gasteiger partial charge in [-0.05, 0) is 41.4 Å². The average molecular weight is 234 g/mol. The van der Waals surface area contributed by atoms with Crippen molar-refractivity contribution < 1.29 is 5.11 Å². The number of rotatable bonds is 4. The lowest BCUT2D eigenvalue weighted by Gasteiger charge is -2.30. The quantitative estimate of drug-likeness (QED) is 0.780. The minimum atomic E-state index is 0.319. The maximum atomic E-state index is 9.61. The van der Waals surface area contributed by atoms with Crippen molar-refractivity contribution in [1.82, 2.24) is 0 Å². The van der Waals surface area contributed by atoms with Crippen LogP contribution in [0.4, 0.5) is 0 Å². The number of hydrogen-bond donors (Lipinski definition) is 1. The second-order valence-electron chi connectivity index (χ2n) is 6.35. The number of phenols is 1. The Morgan fingerprint density at radius 3 is 2.35 bits per heavy atom. The number of benzene rings is 1. The molecule has 1 heteroatoms. The van der Waals surface area contributed by atoms with Crippen molar-refractivity contribution in [2.24, 2.45) is 11.3 Å². The molecule has 0 amide bonds. The minimum Gasteiger partial charge on any atom is -0.508 e. The van der Waals surface area contributed by atoms with E-state index >= 15 is 0 Å². The lowest BCUT2D eigenvalue weighted by molar-refractivity contribution is 0.287. The Morgan fingerprint density at radius 1 is 1.24 bits per heavy atom. The molecule has 0 aliphatic carbocycles. The fourth-order valence-corrected chi connectivity index (χ4v) is 2.35. The molecule has 0 saturated heterocycles. The molecule has 0 spiro atoms. The zero-order chi connectivity index (χ0) is 13.1. The predicted molar refractivity (Wildman–Crippen MR) is 74.4 cm³/mol. The van der Waals surface area contributed by atoms with Crippen LogP contribution in [0, 0.1) is 11.3 Å². The van der Waals surface area contributed by atoms with Gasteiger partial charge in [0.25, 0.3) is 0 Å². The Kier molecular flexibility index (Phi) is 4.62. The molecule has 2 atom stereocenters. The van der Waals surface area contributed by atoms with Gasteiger partial charge in [-0.25, -0.2) is 0 Å². The zero-order valence-electron chi connectivity index (χ0n) is 11.8. The van der Waals surface area contributed by atoms with Crippen LogP contribution in [-0.4, -0.2) is 5.11 Å². The second-order valence-corrected chi connectivity index (χ2v) is 6.35. The highest BCUT2D eigenvalue weighted by Crippen LogP contribution is 2.38. The van der Waals surface area contributed by atoms with Crippen molar-refractivity contribution in [3.63, 3.8) is 0 Å². The molecule has 1 rings (SSSR count). The standard InChI is InChI=1S/C16H26O/c1-6-12(2)15(11-16(3,4)5)13-8-7-9-14(17)10-13/h7-10,12,15,17H,6,11H2,1-5H3. The van der Waals surface area contributed by atoms with Crippen molar-refractivity contribution in [1.29, 1.82) is 0 Å². The van der Waals surface area contributed by atoms with Gasteiger partial charge in [-0.1, -0.05) is 53.2 Å². The lowest BCUT2D eigenvalue weighted by Crippen LogP contribution is -2.17. The molecule has 17 heavy (non-hydrogen) atoms. The van der Waals surface area contributed by atoms with E-state index in [2.05, 4.69) is 40.7 Å². The van der Waals surface area contributed by atoms with Gasteiger partial charge in [0, 0.05) is 0 Å². The van der Waals surface area contributed by atoms with Gasteiger partial charge < -0.3 is 5.11 Å². The first-order chi connectivity index (χ1) is 7.83. The molecule has 0 aliphatic heterocycles. The largest absolute Gasteiger partial charge is 0.508 e. The summed E-state index contributed by atoms with van der Waals surface area (Å²) >= 11 is 0. The molecule has 0 aliphatic rings. The highest BCUT2D eigenvalue weighted by Gasteiger charge is 2.24. The van der Waals surface area contributed by atoms with E-state index in [0.717, 1.165) is 6.42 Å². The molecule has 1 nitrogen and oxygen atoms in total. The summed E-state index contributed by atoms with van der Waals surface area (Å²) in [5.41, 5.74) is 1.59. The first-order valence-corrected chi connectivity index (χ1v) is 6.62. The summed E-state index contributed by atoms with van der Waals surface area (Å²) in [6.07, 6.45) is 2.34. The van der Waals surface area contributed by atoms with E-state index < -0.39 is 0 Å². The van der Waals surface area contributed by atoms with E-state index in [4.69, 9.17) is 0 Å². The highest BCUT2D eigenvalue weighted by atomic mass is 16.3. The molecule has 2 unspecified atom stereocenters. The monoisotopic (exact) mass is 234 g/mol. The van der Waals surface area contributed by atoms with E-state index in [1.54, 1.807) is 6.07 Å². The van der Waals surface area contributed by atoms with E-state index in [-0.39, 0.29) is 0 Å². The van der Waals surface area contributed by atoms with Gasteiger partial charge in [0.05, 0.1) is 0 Å². The predicted octanol–water partition coefficient (Wildman–Crippen LogP) is 4.96. The Balaban J connectivity index is 2.98. The lowest BCUT2D eigenvalue weighted by atomic mass is 9.75. The van der Waals surface area contributed by atoms with Crippen molar-refractivity contribution in [3.05, 3.63) is 29.8 Å². The topological polar surface area (TPSA) is 20.2 Å².